The van der Waals surface area contributed by atoms with E-state index in [1.807, 2.05) is 49.4 Å². The van der Waals surface area contributed by atoms with Crippen molar-refractivity contribution in [2.45, 2.75) is 30.5 Å². The van der Waals surface area contributed by atoms with E-state index in [0.717, 1.165) is 28.0 Å². The van der Waals surface area contributed by atoms with Crippen LogP contribution in [-0.4, -0.2) is 35.9 Å². The number of carbonyl (C=O) groups excluding carboxylic acids is 2. The first-order chi connectivity index (χ1) is 19.4. The van der Waals surface area contributed by atoms with E-state index in [1.54, 1.807) is 25.3 Å². The molecule has 0 aliphatic heterocycles. The maximum Gasteiger partial charge on any atom is 0.255 e. The standard InChI is InChI=1S/C32H31N3O4S/c1-5-35-27-9-7-6-8-25(27)26-19-23(13-16-28(26)35)34-31(36)20(2)40-24-14-11-22(12-15-24)33-32(37)21-10-17-29(38-3)30(18-21)39-4/h6-20H,5H2,1-4H3,(H,33,37)(H,34,36). The Bertz CT molecular complexity index is 1690. The summed E-state index contributed by atoms with van der Waals surface area (Å²) in [6, 6.07) is 26.9. The number of rotatable bonds is 9. The highest BCUT2D eigenvalue weighted by Crippen LogP contribution is 2.32. The third-order valence-corrected chi connectivity index (χ3v) is 7.91. The van der Waals surface area contributed by atoms with Crippen LogP contribution in [-0.2, 0) is 11.3 Å². The predicted octanol–water partition coefficient (Wildman–Crippen LogP) is 7.20. The van der Waals surface area contributed by atoms with Crippen LogP contribution in [0.5, 0.6) is 11.5 Å². The van der Waals surface area contributed by atoms with Crippen LogP contribution in [0.15, 0.2) is 89.8 Å². The summed E-state index contributed by atoms with van der Waals surface area (Å²) in [6.45, 7) is 4.90. The fourth-order valence-corrected chi connectivity index (χ4v) is 5.64. The molecule has 0 saturated carbocycles. The van der Waals surface area contributed by atoms with Gasteiger partial charge in [-0.2, -0.15) is 0 Å². The Balaban J connectivity index is 1.22. The molecule has 1 unspecified atom stereocenters. The van der Waals surface area contributed by atoms with Crippen LogP contribution in [0, 0.1) is 0 Å². The molecule has 5 rings (SSSR count). The molecule has 40 heavy (non-hydrogen) atoms. The zero-order chi connectivity index (χ0) is 28.2. The number of aromatic nitrogens is 1. The summed E-state index contributed by atoms with van der Waals surface area (Å²) in [6.07, 6.45) is 0. The van der Waals surface area contributed by atoms with Gasteiger partial charge in [0.25, 0.3) is 5.91 Å². The van der Waals surface area contributed by atoms with Gasteiger partial charge in [0.15, 0.2) is 11.5 Å². The van der Waals surface area contributed by atoms with Crippen LogP contribution in [0.25, 0.3) is 21.8 Å². The summed E-state index contributed by atoms with van der Waals surface area (Å²) >= 11 is 1.46. The number of hydrogen-bond acceptors (Lipinski definition) is 5. The van der Waals surface area contributed by atoms with Crippen LogP contribution in [0.1, 0.15) is 24.2 Å². The quantitative estimate of drug-likeness (QED) is 0.189. The van der Waals surface area contributed by atoms with E-state index in [4.69, 9.17) is 9.47 Å². The summed E-state index contributed by atoms with van der Waals surface area (Å²) in [5.41, 5.74) is 4.23. The van der Waals surface area contributed by atoms with Gasteiger partial charge in [-0.3, -0.25) is 9.59 Å². The number of ether oxygens (including phenoxy) is 2. The lowest BCUT2D eigenvalue weighted by atomic mass is 10.1. The van der Waals surface area contributed by atoms with Crippen molar-refractivity contribution in [3.8, 4) is 11.5 Å². The highest BCUT2D eigenvalue weighted by molar-refractivity contribution is 8.00. The van der Waals surface area contributed by atoms with Crippen molar-refractivity contribution in [2.75, 3.05) is 24.9 Å². The number of benzene rings is 4. The number of carbonyl (C=O) groups is 2. The van der Waals surface area contributed by atoms with Crippen LogP contribution in [0.4, 0.5) is 11.4 Å². The Morgan fingerprint density at radius 1 is 0.800 bits per heavy atom. The monoisotopic (exact) mass is 553 g/mol. The molecule has 1 atom stereocenters. The first-order valence-electron chi connectivity index (χ1n) is 13.0. The normalized spacial score (nSPS) is 11.8. The molecule has 0 fully saturated rings. The minimum Gasteiger partial charge on any atom is -0.493 e. The molecule has 2 N–H and O–H groups in total. The van der Waals surface area contributed by atoms with Gasteiger partial charge in [-0.15, -0.1) is 11.8 Å². The first-order valence-corrected chi connectivity index (χ1v) is 13.9. The molecular formula is C32H31N3O4S. The summed E-state index contributed by atoms with van der Waals surface area (Å²) in [5.74, 6) is 0.715. The largest absolute Gasteiger partial charge is 0.493 e. The van der Waals surface area contributed by atoms with Crippen molar-refractivity contribution in [1.29, 1.82) is 0 Å². The summed E-state index contributed by atoms with van der Waals surface area (Å²) in [7, 11) is 3.08. The van der Waals surface area contributed by atoms with Gasteiger partial charge in [0.2, 0.25) is 5.91 Å². The number of nitrogens with one attached hydrogen (secondary N) is 2. The number of para-hydroxylation sites is 1. The van der Waals surface area contributed by atoms with Crippen molar-refractivity contribution < 1.29 is 19.1 Å². The summed E-state index contributed by atoms with van der Waals surface area (Å²) < 4.78 is 12.8. The maximum atomic E-state index is 13.0. The molecule has 8 heteroatoms. The van der Waals surface area contributed by atoms with Crippen molar-refractivity contribution in [3.05, 3.63) is 90.5 Å². The van der Waals surface area contributed by atoms with Gasteiger partial charge >= 0.3 is 0 Å². The second kappa shape index (κ2) is 11.8. The highest BCUT2D eigenvalue weighted by Gasteiger charge is 2.17. The molecule has 4 aromatic carbocycles. The van der Waals surface area contributed by atoms with Gasteiger partial charge in [0, 0.05) is 50.2 Å². The van der Waals surface area contributed by atoms with Gasteiger partial charge in [-0.25, -0.2) is 0 Å². The van der Waals surface area contributed by atoms with Gasteiger partial charge in [-0.1, -0.05) is 18.2 Å². The van der Waals surface area contributed by atoms with E-state index in [2.05, 4.69) is 46.4 Å². The van der Waals surface area contributed by atoms with E-state index in [9.17, 15) is 9.59 Å². The molecule has 0 saturated heterocycles. The minimum atomic E-state index is -0.320. The third-order valence-electron chi connectivity index (χ3n) is 6.80. The Morgan fingerprint density at radius 3 is 2.23 bits per heavy atom. The van der Waals surface area contributed by atoms with Crippen LogP contribution >= 0.6 is 11.8 Å². The molecular weight excluding hydrogens is 522 g/mol. The number of thioether (sulfide) groups is 1. The lowest BCUT2D eigenvalue weighted by molar-refractivity contribution is -0.115. The van der Waals surface area contributed by atoms with E-state index in [0.29, 0.717) is 22.7 Å². The van der Waals surface area contributed by atoms with Crippen LogP contribution in [0.3, 0.4) is 0 Å². The smallest absolute Gasteiger partial charge is 0.255 e. The van der Waals surface area contributed by atoms with Crippen molar-refractivity contribution in [2.24, 2.45) is 0 Å². The Labute approximate surface area is 237 Å². The number of anilines is 2. The number of aryl methyl sites for hydroxylation is 1. The zero-order valence-electron chi connectivity index (χ0n) is 22.9. The molecule has 0 radical (unpaired) electrons. The molecule has 2 amide bonds. The van der Waals surface area contributed by atoms with E-state index >= 15 is 0 Å². The molecule has 0 aliphatic rings. The van der Waals surface area contributed by atoms with Crippen molar-refractivity contribution >= 4 is 56.8 Å². The minimum absolute atomic E-state index is 0.0746. The topological polar surface area (TPSA) is 81.6 Å². The van der Waals surface area contributed by atoms with E-state index in [1.165, 1.54) is 29.8 Å². The Hall–Kier alpha value is -4.43. The average Bonchev–Trinajstić information content (AvgIpc) is 3.30. The lowest BCUT2D eigenvalue weighted by Gasteiger charge is -2.13. The van der Waals surface area contributed by atoms with Crippen LogP contribution < -0.4 is 20.1 Å². The number of methoxy groups -OCH3 is 2. The molecule has 204 valence electrons. The van der Waals surface area contributed by atoms with Gasteiger partial charge in [0.1, 0.15) is 0 Å². The van der Waals surface area contributed by atoms with Crippen molar-refractivity contribution in [3.63, 3.8) is 0 Å². The number of nitrogens with zero attached hydrogens (tertiary/aromatic N) is 1. The lowest BCUT2D eigenvalue weighted by Crippen LogP contribution is -2.22. The Morgan fingerprint density at radius 2 is 1.50 bits per heavy atom. The Kier molecular flexibility index (Phi) is 7.98. The molecule has 5 aromatic rings. The maximum absolute atomic E-state index is 13.0. The molecule has 1 aromatic heterocycles. The van der Waals surface area contributed by atoms with E-state index in [-0.39, 0.29) is 17.1 Å². The van der Waals surface area contributed by atoms with Gasteiger partial charge < -0.3 is 24.7 Å². The second-order valence-corrected chi connectivity index (χ2v) is 10.7. The first kappa shape index (κ1) is 27.1. The summed E-state index contributed by atoms with van der Waals surface area (Å²) in [4.78, 5) is 26.7. The van der Waals surface area contributed by atoms with E-state index < -0.39 is 0 Å². The van der Waals surface area contributed by atoms with Gasteiger partial charge in [-0.05, 0) is 80.6 Å². The molecule has 0 aliphatic carbocycles. The highest BCUT2D eigenvalue weighted by atomic mass is 32.2. The van der Waals surface area contributed by atoms with Crippen LogP contribution in [0.2, 0.25) is 0 Å². The predicted molar refractivity (Wildman–Crippen MR) is 163 cm³/mol. The van der Waals surface area contributed by atoms with Gasteiger partial charge in [0.05, 0.1) is 19.5 Å². The number of fused-ring (bicyclic) bond motifs is 3. The molecule has 0 spiro atoms. The number of hydrogen-bond donors (Lipinski definition) is 2. The fourth-order valence-electron chi connectivity index (χ4n) is 4.77. The molecule has 1 heterocycles. The third kappa shape index (κ3) is 5.49. The van der Waals surface area contributed by atoms with Crippen molar-refractivity contribution in [1.82, 2.24) is 4.57 Å². The molecule has 7 nitrogen and oxygen atoms in total. The summed E-state index contributed by atoms with van der Waals surface area (Å²) in [5, 5.41) is 7.95. The fraction of sp³-hybridized carbons (Fsp3) is 0.188. The second-order valence-electron chi connectivity index (χ2n) is 9.29. The molecule has 0 bridgehead atoms. The number of amides is 2. The SMILES string of the molecule is CCn1c2ccccc2c2cc(NC(=O)C(C)Sc3ccc(NC(=O)c4ccc(OC)c(OC)c4)cc3)ccc21. The zero-order valence-corrected chi connectivity index (χ0v) is 23.7. The average molecular weight is 554 g/mol.